The molecule has 132 valence electrons. The number of carbonyl (C=O) groups is 2. The van der Waals surface area contributed by atoms with Crippen molar-refractivity contribution in [3.05, 3.63) is 52.8 Å². The maximum atomic E-state index is 12.8. The Hall–Kier alpha value is -2.77. The molecule has 1 amide bonds. The van der Waals surface area contributed by atoms with E-state index < -0.39 is 23.6 Å². The van der Waals surface area contributed by atoms with E-state index in [1.54, 1.807) is 17.7 Å². The molecule has 3 rings (SSSR count). The molecule has 0 atom stereocenters. The molecule has 2 heterocycles. The van der Waals surface area contributed by atoms with Crippen LogP contribution in [0.3, 0.4) is 0 Å². The second-order valence-electron chi connectivity index (χ2n) is 5.72. The lowest BCUT2D eigenvalue weighted by Crippen LogP contribution is -2.41. The largest absolute Gasteiger partial charge is 0.465 e. The summed E-state index contributed by atoms with van der Waals surface area (Å²) in [5, 5.41) is 0. The Morgan fingerprint density at radius 1 is 1.16 bits per heavy atom. The lowest BCUT2D eigenvalue weighted by molar-refractivity contribution is -0.137. The number of aromatic nitrogens is 1. The van der Waals surface area contributed by atoms with E-state index in [9.17, 15) is 22.8 Å². The van der Waals surface area contributed by atoms with Crippen LogP contribution in [0.15, 0.2) is 30.5 Å². The van der Waals surface area contributed by atoms with Crippen LogP contribution in [0, 0.1) is 6.92 Å². The first-order valence-corrected chi connectivity index (χ1v) is 7.51. The van der Waals surface area contributed by atoms with E-state index in [-0.39, 0.29) is 11.3 Å². The topological polar surface area (TPSA) is 51.5 Å². The number of amides is 1. The first kappa shape index (κ1) is 17.1. The molecule has 0 saturated heterocycles. The fourth-order valence-corrected chi connectivity index (χ4v) is 2.97. The molecule has 0 saturated carbocycles. The molecular formula is C17H15F3N2O3. The molecule has 1 aliphatic heterocycles. The molecule has 1 aromatic heterocycles. The number of methoxy groups -OCH3 is 1. The zero-order valence-corrected chi connectivity index (χ0v) is 13.6. The Morgan fingerprint density at radius 2 is 1.80 bits per heavy atom. The Labute approximate surface area is 141 Å². The fraction of sp³-hybridized carbons (Fsp3) is 0.294. The van der Waals surface area contributed by atoms with Gasteiger partial charge in [0.25, 0.3) is 5.91 Å². The number of alkyl halides is 3. The van der Waals surface area contributed by atoms with Gasteiger partial charge in [0.15, 0.2) is 0 Å². The van der Waals surface area contributed by atoms with Gasteiger partial charge in [0.2, 0.25) is 0 Å². The van der Waals surface area contributed by atoms with Crippen molar-refractivity contribution < 1.29 is 27.5 Å². The van der Waals surface area contributed by atoms with Gasteiger partial charge in [0, 0.05) is 25.0 Å². The SMILES string of the molecule is COC(=O)c1c(C)cn2c1C(=O)N(c1ccc(C(F)(F)F)cc1)CC2. The second kappa shape index (κ2) is 5.94. The maximum absolute atomic E-state index is 12.8. The van der Waals surface area contributed by atoms with Gasteiger partial charge < -0.3 is 14.2 Å². The van der Waals surface area contributed by atoms with Gasteiger partial charge >= 0.3 is 12.1 Å². The van der Waals surface area contributed by atoms with Gasteiger partial charge in [-0.15, -0.1) is 0 Å². The van der Waals surface area contributed by atoms with Gasteiger partial charge in [-0.05, 0) is 36.8 Å². The van der Waals surface area contributed by atoms with Crippen LogP contribution < -0.4 is 4.90 Å². The average molecular weight is 352 g/mol. The highest BCUT2D eigenvalue weighted by atomic mass is 19.4. The molecule has 0 unspecified atom stereocenters. The van der Waals surface area contributed by atoms with Crippen LogP contribution in [0.4, 0.5) is 18.9 Å². The summed E-state index contributed by atoms with van der Waals surface area (Å²) in [5.41, 5.74) is 0.554. The molecule has 2 aromatic rings. The Bertz CT molecular complexity index is 838. The zero-order chi connectivity index (χ0) is 18.4. The molecule has 5 nitrogen and oxygen atoms in total. The van der Waals surface area contributed by atoms with E-state index in [0.29, 0.717) is 24.3 Å². The van der Waals surface area contributed by atoms with Crippen molar-refractivity contribution in [3.8, 4) is 0 Å². The van der Waals surface area contributed by atoms with Crippen molar-refractivity contribution in [2.45, 2.75) is 19.6 Å². The van der Waals surface area contributed by atoms with E-state index in [1.165, 1.54) is 24.1 Å². The van der Waals surface area contributed by atoms with Crippen LogP contribution in [0.5, 0.6) is 0 Å². The van der Waals surface area contributed by atoms with Crippen molar-refractivity contribution in [1.82, 2.24) is 4.57 Å². The monoisotopic (exact) mass is 352 g/mol. The number of nitrogens with zero attached hydrogens (tertiary/aromatic N) is 2. The van der Waals surface area contributed by atoms with Crippen LogP contribution >= 0.6 is 0 Å². The number of hydrogen-bond donors (Lipinski definition) is 0. The number of rotatable bonds is 2. The normalized spacial score (nSPS) is 14.4. The van der Waals surface area contributed by atoms with Crippen LogP contribution in [0.25, 0.3) is 0 Å². The van der Waals surface area contributed by atoms with E-state index in [0.717, 1.165) is 12.1 Å². The third kappa shape index (κ3) is 2.88. The molecular weight excluding hydrogens is 337 g/mol. The molecule has 0 fully saturated rings. The predicted octanol–water partition coefficient (Wildman–Crippen LogP) is 3.26. The van der Waals surface area contributed by atoms with E-state index >= 15 is 0 Å². The van der Waals surface area contributed by atoms with Crippen LogP contribution in [0.1, 0.15) is 32.0 Å². The molecule has 1 aromatic carbocycles. The fourth-order valence-electron chi connectivity index (χ4n) is 2.97. The molecule has 0 bridgehead atoms. The summed E-state index contributed by atoms with van der Waals surface area (Å²) < 4.78 is 44.5. The van der Waals surface area contributed by atoms with Crippen molar-refractivity contribution in [2.75, 3.05) is 18.6 Å². The van der Waals surface area contributed by atoms with Gasteiger partial charge in [-0.1, -0.05) is 0 Å². The number of anilines is 1. The van der Waals surface area contributed by atoms with Crippen LogP contribution in [-0.4, -0.2) is 30.1 Å². The first-order valence-electron chi connectivity index (χ1n) is 7.51. The smallest absolute Gasteiger partial charge is 0.416 e. The molecule has 1 aliphatic rings. The Morgan fingerprint density at radius 3 is 2.36 bits per heavy atom. The summed E-state index contributed by atoms with van der Waals surface area (Å²) in [6, 6.07) is 4.37. The minimum Gasteiger partial charge on any atom is -0.465 e. The Balaban J connectivity index is 1.98. The summed E-state index contributed by atoms with van der Waals surface area (Å²) in [4.78, 5) is 26.2. The van der Waals surface area contributed by atoms with Gasteiger partial charge in [-0.3, -0.25) is 4.79 Å². The van der Waals surface area contributed by atoms with Crippen molar-refractivity contribution in [3.63, 3.8) is 0 Å². The molecule has 0 spiro atoms. The number of halogens is 3. The van der Waals surface area contributed by atoms with Gasteiger partial charge in [0.1, 0.15) is 5.69 Å². The summed E-state index contributed by atoms with van der Waals surface area (Å²) in [6.07, 6.45) is -2.74. The van der Waals surface area contributed by atoms with E-state index in [1.807, 2.05) is 0 Å². The molecule has 0 radical (unpaired) electrons. The lowest BCUT2D eigenvalue weighted by atomic mass is 10.1. The minimum absolute atomic E-state index is 0.184. The van der Waals surface area contributed by atoms with Crippen molar-refractivity contribution in [2.24, 2.45) is 0 Å². The van der Waals surface area contributed by atoms with Gasteiger partial charge in [-0.2, -0.15) is 13.2 Å². The zero-order valence-electron chi connectivity index (χ0n) is 13.6. The summed E-state index contributed by atoms with van der Waals surface area (Å²) >= 11 is 0. The quantitative estimate of drug-likeness (QED) is 0.780. The lowest BCUT2D eigenvalue weighted by Gasteiger charge is -2.29. The van der Waals surface area contributed by atoms with Gasteiger partial charge in [-0.25, -0.2) is 4.79 Å². The molecule has 25 heavy (non-hydrogen) atoms. The summed E-state index contributed by atoms with van der Waals surface area (Å²) in [6.45, 7) is 2.43. The number of aryl methyl sites for hydroxylation is 1. The molecule has 0 N–H and O–H groups in total. The second-order valence-corrected chi connectivity index (χ2v) is 5.72. The number of carbonyl (C=O) groups excluding carboxylic acids is 2. The molecule has 8 heteroatoms. The van der Waals surface area contributed by atoms with Crippen LogP contribution in [0.2, 0.25) is 0 Å². The summed E-state index contributed by atoms with van der Waals surface area (Å²) in [7, 11) is 1.23. The Kier molecular flexibility index (Phi) is 4.06. The van der Waals surface area contributed by atoms with E-state index in [4.69, 9.17) is 4.74 Å². The first-order chi connectivity index (χ1) is 11.7. The number of ether oxygens (including phenoxy) is 1. The third-order valence-corrected chi connectivity index (χ3v) is 4.18. The number of benzene rings is 1. The van der Waals surface area contributed by atoms with E-state index in [2.05, 4.69) is 0 Å². The summed E-state index contributed by atoms with van der Waals surface area (Å²) in [5.74, 6) is -1.06. The predicted molar refractivity (Wildman–Crippen MR) is 83.6 cm³/mol. The third-order valence-electron chi connectivity index (χ3n) is 4.18. The average Bonchev–Trinajstić information content (AvgIpc) is 2.91. The highest BCUT2D eigenvalue weighted by Crippen LogP contribution is 2.32. The maximum Gasteiger partial charge on any atom is 0.416 e. The number of fused-ring (bicyclic) bond motifs is 1. The molecule has 0 aliphatic carbocycles. The number of esters is 1. The standard InChI is InChI=1S/C17H15F3N2O3/c1-10-9-21-7-8-22(15(23)14(21)13(10)16(24)25-2)12-5-3-11(4-6-12)17(18,19)20/h3-6,9H,7-8H2,1-2H3. The van der Waals surface area contributed by atoms with Crippen LogP contribution in [-0.2, 0) is 17.5 Å². The highest BCUT2D eigenvalue weighted by Gasteiger charge is 2.34. The number of hydrogen-bond acceptors (Lipinski definition) is 3. The highest BCUT2D eigenvalue weighted by molar-refractivity contribution is 6.12. The van der Waals surface area contributed by atoms with Crippen molar-refractivity contribution in [1.29, 1.82) is 0 Å². The minimum atomic E-state index is -4.44. The van der Waals surface area contributed by atoms with Crippen molar-refractivity contribution >= 4 is 17.6 Å². The van der Waals surface area contributed by atoms with Gasteiger partial charge in [0.05, 0.1) is 18.2 Å².